The van der Waals surface area contributed by atoms with Crippen molar-refractivity contribution in [1.29, 1.82) is 0 Å². The van der Waals surface area contributed by atoms with Gasteiger partial charge in [0.15, 0.2) is 0 Å². The molecular weight excluding hydrogens is 268 g/mol. The number of benzene rings is 1. The van der Waals surface area contributed by atoms with Gasteiger partial charge in [-0.15, -0.1) is 0 Å². The summed E-state index contributed by atoms with van der Waals surface area (Å²) in [6.07, 6.45) is 2.75. The summed E-state index contributed by atoms with van der Waals surface area (Å²) in [7, 11) is 0. The van der Waals surface area contributed by atoms with Crippen molar-refractivity contribution < 1.29 is 14.7 Å². The van der Waals surface area contributed by atoms with Crippen LogP contribution in [-0.4, -0.2) is 28.1 Å². The largest absolute Gasteiger partial charge is 0.478 e. The maximum Gasteiger partial charge on any atom is 0.335 e. The van der Waals surface area contributed by atoms with E-state index in [-0.39, 0.29) is 18.0 Å². The van der Waals surface area contributed by atoms with Gasteiger partial charge in [0, 0.05) is 18.3 Å². The van der Waals surface area contributed by atoms with Gasteiger partial charge in [-0.25, -0.2) is 4.79 Å². The molecule has 21 heavy (non-hydrogen) atoms. The van der Waals surface area contributed by atoms with Crippen LogP contribution in [-0.2, 0) is 11.3 Å². The van der Waals surface area contributed by atoms with Crippen molar-refractivity contribution in [1.82, 2.24) is 9.88 Å². The maximum absolute atomic E-state index is 11.9. The summed E-state index contributed by atoms with van der Waals surface area (Å²) >= 11 is 0. The number of nitrogens with one attached hydrogen (secondary N) is 1. The highest BCUT2D eigenvalue weighted by Gasteiger charge is 2.09. The topological polar surface area (TPSA) is 71.3 Å². The predicted molar refractivity (Wildman–Crippen MR) is 81.4 cm³/mol. The lowest BCUT2D eigenvalue weighted by Crippen LogP contribution is -2.28. The van der Waals surface area contributed by atoms with Crippen LogP contribution >= 0.6 is 0 Å². The van der Waals surface area contributed by atoms with E-state index < -0.39 is 5.97 Å². The molecule has 0 aliphatic heterocycles. The Balaban J connectivity index is 2.09. The lowest BCUT2D eigenvalue weighted by Gasteiger charge is -2.09. The van der Waals surface area contributed by atoms with Gasteiger partial charge < -0.3 is 15.0 Å². The molecule has 5 heteroatoms. The number of amides is 1. The minimum Gasteiger partial charge on any atom is -0.478 e. The van der Waals surface area contributed by atoms with Gasteiger partial charge in [-0.2, -0.15) is 0 Å². The first-order valence-electron chi connectivity index (χ1n) is 7.06. The molecule has 0 saturated carbocycles. The van der Waals surface area contributed by atoms with Crippen molar-refractivity contribution in [2.45, 2.75) is 26.8 Å². The van der Waals surface area contributed by atoms with Gasteiger partial charge in [-0.05, 0) is 35.9 Å². The standard InChI is InChI=1S/C16H20N2O3/c1-11(2)5-7-17-15(19)10-18-8-6-12-3-4-13(16(20)21)9-14(12)18/h3-4,6,8-9,11H,5,7,10H2,1-2H3,(H,17,19)(H,20,21). The Morgan fingerprint density at radius 3 is 2.71 bits per heavy atom. The van der Waals surface area contributed by atoms with Gasteiger partial charge in [0.1, 0.15) is 6.54 Å². The molecular formula is C16H20N2O3. The van der Waals surface area contributed by atoms with Gasteiger partial charge in [0.2, 0.25) is 5.91 Å². The predicted octanol–water partition coefficient (Wildman–Crippen LogP) is 2.50. The molecule has 1 aromatic heterocycles. The number of hydrogen-bond acceptors (Lipinski definition) is 2. The van der Waals surface area contributed by atoms with Crippen LogP contribution in [0.15, 0.2) is 30.5 Å². The summed E-state index contributed by atoms with van der Waals surface area (Å²) in [6.45, 7) is 5.08. The first kappa shape index (κ1) is 15.1. The zero-order valence-corrected chi connectivity index (χ0v) is 12.3. The van der Waals surface area contributed by atoms with E-state index in [0.29, 0.717) is 12.5 Å². The van der Waals surface area contributed by atoms with Crippen molar-refractivity contribution in [3.05, 3.63) is 36.0 Å². The average Bonchev–Trinajstić information content (AvgIpc) is 2.80. The van der Waals surface area contributed by atoms with Crippen LogP contribution in [0, 0.1) is 5.92 Å². The van der Waals surface area contributed by atoms with Crippen LogP contribution in [0.1, 0.15) is 30.6 Å². The van der Waals surface area contributed by atoms with Crippen molar-refractivity contribution >= 4 is 22.8 Å². The molecule has 2 rings (SSSR count). The number of carbonyl (C=O) groups excluding carboxylic acids is 1. The molecule has 0 unspecified atom stereocenters. The second-order valence-electron chi connectivity index (χ2n) is 5.55. The molecule has 0 saturated heterocycles. The fourth-order valence-corrected chi connectivity index (χ4v) is 2.17. The number of carboxylic acid groups (broad SMARTS) is 1. The molecule has 112 valence electrons. The van der Waals surface area contributed by atoms with E-state index >= 15 is 0 Å². The van der Waals surface area contributed by atoms with Gasteiger partial charge in [-0.3, -0.25) is 4.79 Å². The van der Waals surface area contributed by atoms with E-state index in [4.69, 9.17) is 5.11 Å². The van der Waals surface area contributed by atoms with E-state index in [1.165, 1.54) is 0 Å². The van der Waals surface area contributed by atoms with E-state index in [1.54, 1.807) is 29.0 Å². The highest BCUT2D eigenvalue weighted by Crippen LogP contribution is 2.17. The third-order valence-corrected chi connectivity index (χ3v) is 3.38. The molecule has 1 heterocycles. The average molecular weight is 288 g/mol. The first-order valence-corrected chi connectivity index (χ1v) is 7.06. The zero-order valence-electron chi connectivity index (χ0n) is 12.3. The number of carbonyl (C=O) groups is 2. The lowest BCUT2D eigenvalue weighted by molar-refractivity contribution is -0.121. The van der Waals surface area contributed by atoms with E-state index in [0.717, 1.165) is 17.3 Å². The number of aromatic carboxylic acids is 1. The Labute approximate surface area is 123 Å². The molecule has 0 fully saturated rings. The molecule has 1 aromatic carbocycles. The van der Waals surface area contributed by atoms with Crippen LogP contribution in [0.4, 0.5) is 0 Å². The first-order chi connectivity index (χ1) is 9.97. The summed E-state index contributed by atoms with van der Waals surface area (Å²) in [5.74, 6) is -0.476. The zero-order chi connectivity index (χ0) is 15.4. The Kier molecular flexibility index (Phi) is 4.62. The number of carboxylic acids is 1. The fraction of sp³-hybridized carbons (Fsp3) is 0.375. The molecule has 5 nitrogen and oxygen atoms in total. The Hall–Kier alpha value is -2.30. The number of fused-ring (bicyclic) bond motifs is 1. The maximum atomic E-state index is 11.9. The van der Waals surface area contributed by atoms with Crippen molar-refractivity contribution in [2.24, 2.45) is 5.92 Å². The minimum atomic E-state index is -0.967. The summed E-state index contributed by atoms with van der Waals surface area (Å²) in [5.41, 5.74) is 0.983. The molecule has 0 bridgehead atoms. The van der Waals surface area contributed by atoms with Gasteiger partial charge in [-0.1, -0.05) is 19.9 Å². The van der Waals surface area contributed by atoms with E-state index in [1.807, 2.05) is 6.07 Å². The summed E-state index contributed by atoms with van der Waals surface area (Å²) in [5, 5.41) is 12.8. The van der Waals surface area contributed by atoms with Crippen molar-refractivity contribution in [2.75, 3.05) is 6.54 Å². The van der Waals surface area contributed by atoms with Crippen molar-refractivity contribution in [3.63, 3.8) is 0 Å². The van der Waals surface area contributed by atoms with Crippen LogP contribution < -0.4 is 5.32 Å². The molecule has 0 radical (unpaired) electrons. The molecule has 0 atom stereocenters. The molecule has 0 aliphatic carbocycles. The summed E-state index contributed by atoms with van der Waals surface area (Å²) < 4.78 is 1.77. The Bertz CT molecular complexity index is 659. The van der Waals surface area contributed by atoms with Crippen molar-refractivity contribution in [3.8, 4) is 0 Å². The summed E-state index contributed by atoms with van der Waals surface area (Å²) in [4.78, 5) is 22.9. The molecule has 0 spiro atoms. The fourth-order valence-electron chi connectivity index (χ4n) is 2.17. The quantitative estimate of drug-likeness (QED) is 0.858. The monoisotopic (exact) mass is 288 g/mol. The molecule has 1 amide bonds. The number of rotatable bonds is 6. The smallest absolute Gasteiger partial charge is 0.335 e. The van der Waals surface area contributed by atoms with E-state index in [2.05, 4.69) is 19.2 Å². The third-order valence-electron chi connectivity index (χ3n) is 3.38. The molecule has 2 N–H and O–H groups in total. The molecule has 0 aliphatic rings. The second kappa shape index (κ2) is 6.43. The van der Waals surface area contributed by atoms with Crippen LogP contribution in [0.25, 0.3) is 10.9 Å². The van der Waals surface area contributed by atoms with Gasteiger partial charge in [0.05, 0.1) is 5.56 Å². The number of nitrogens with zero attached hydrogens (tertiary/aromatic N) is 1. The van der Waals surface area contributed by atoms with Crippen LogP contribution in [0.2, 0.25) is 0 Å². The highest BCUT2D eigenvalue weighted by atomic mass is 16.4. The number of aromatic nitrogens is 1. The summed E-state index contributed by atoms with van der Waals surface area (Å²) in [6, 6.07) is 6.80. The van der Waals surface area contributed by atoms with Gasteiger partial charge >= 0.3 is 5.97 Å². The van der Waals surface area contributed by atoms with E-state index in [9.17, 15) is 9.59 Å². The third kappa shape index (κ3) is 3.84. The second-order valence-corrected chi connectivity index (χ2v) is 5.55. The molecule has 2 aromatic rings. The van der Waals surface area contributed by atoms with Crippen LogP contribution in [0.3, 0.4) is 0 Å². The normalized spacial score (nSPS) is 11.0. The SMILES string of the molecule is CC(C)CCNC(=O)Cn1ccc2ccc(C(=O)O)cc21. The lowest BCUT2D eigenvalue weighted by atomic mass is 10.1. The van der Waals surface area contributed by atoms with Gasteiger partial charge in [0.25, 0.3) is 0 Å². The minimum absolute atomic E-state index is 0.0612. The van der Waals surface area contributed by atoms with Crippen LogP contribution in [0.5, 0.6) is 0 Å². The Morgan fingerprint density at radius 2 is 2.05 bits per heavy atom. The Morgan fingerprint density at radius 1 is 1.29 bits per heavy atom. The highest BCUT2D eigenvalue weighted by molar-refractivity contribution is 5.93. The number of hydrogen-bond donors (Lipinski definition) is 2.